The molecule has 11 heteroatoms. The van der Waals surface area contributed by atoms with Crippen molar-refractivity contribution in [2.24, 2.45) is 5.41 Å². The molecule has 1 N–H and O–H groups in total. The summed E-state index contributed by atoms with van der Waals surface area (Å²) in [6.45, 7) is 4.06. The Morgan fingerprint density at radius 3 is 2.67 bits per heavy atom. The van der Waals surface area contributed by atoms with Gasteiger partial charge >= 0.3 is 11.9 Å². The summed E-state index contributed by atoms with van der Waals surface area (Å²) < 4.78 is 29.9. The number of anilines is 3. The SMILES string of the molecule is CCOC(=O)C1=CN(c2ccc3ncnc(Nc4ccc(OCc5cccc(F)c5)c(Cl)c4)c3c2)[C@H]2CC12C(=O)OCC. The molecule has 1 aliphatic carbocycles. The molecule has 43 heavy (non-hydrogen) atoms. The van der Waals surface area contributed by atoms with Crippen molar-refractivity contribution in [3.8, 4) is 5.75 Å². The van der Waals surface area contributed by atoms with E-state index in [9.17, 15) is 14.0 Å². The highest BCUT2D eigenvalue weighted by molar-refractivity contribution is 6.32. The van der Waals surface area contributed by atoms with Crippen LogP contribution >= 0.6 is 11.6 Å². The van der Waals surface area contributed by atoms with E-state index < -0.39 is 17.4 Å². The normalized spacial score (nSPS) is 18.6. The van der Waals surface area contributed by atoms with E-state index in [0.717, 1.165) is 11.1 Å². The van der Waals surface area contributed by atoms with Crippen LogP contribution in [0.1, 0.15) is 25.8 Å². The number of esters is 2. The quantitative estimate of drug-likeness (QED) is 0.208. The maximum Gasteiger partial charge on any atom is 0.336 e. The van der Waals surface area contributed by atoms with Crippen LogP contribution in [0.2, 0.25) is 5.02 Å². The Morgan fingerprint density at radius 1 is 1.07 bits per heavy atom. The number of carbonyl (C=O) groups is 2. The number of benzene rings is 3. The molecule has 220 valence electrons. The van der Waals surface area contributed by atoms with Gasteiger partial charge in [0.25, 0.3) is 0 Å². The third kappa shape index (κ3) is 5.34. The Morgan fingerprint density at radius 2 is 1.91 bits per heavy atom. The minimum absolute atomic E-state index is 0.171. The highest BCUT2D eigenvalue weighted by Gasteiger charge is 2.71. The van der Waals surface area contributed by atoms with Crippen molar-refractivity contribution < 1.29 is 28.2 Å². The van der Waals surface area contributed by atoms with Gasteiger partial charge in [0.2, 0.25) is 0 Å². The number of halogens is 2. The van der Waals surface area contributed by atoms with E-state index in [1.54, 1.807) is 50.4 Å². The van der Waals surface area contributed by atoms with Crippen molar-refractivity contribution >= 4 is 51.6 Å². The van der Waals surface area contributed by atoms with E-state index in [-0.39, 0.29) is 31.7 Å². The van der Waals surface area contributed by atoms with Gasteiger partial charge in [0.15, 0.2) is 0 Å². The topological polar surface area (TPSA) is 103 Å². The van der Waals surface area contributed by atoms with Gasteiger partial charge < -0.3 is 24.4 Å². The average molecular weight is 603 g/mol. The van der Waals surface area contributed by atoms with Gasteiger partial charge in [0.05, 0.1) is 35.4 Å². The second-order valence-corrected chi connectivity index (χ2v) is 10.6. The smallest absolute Gasteiger partial charge is 0.336 e. The number of ether oxygens (including phenoxy) is 3. The van der Waals surface area contributed by atoms with Crippen LogP contribution in [0.15, 0.2) is 78.8 Å². The van der Waals surface area contributed by atoms with Crippen LogP contribution in [-0.4, -0.2) is 41.2 Å². The maximum atomic E-state index is 13.5. The van der Waals surface area contributed by atoms with Crippen LogP contribution in [-0.2, 0) is 25.7 Å². The summed E-state index contributed by atoms with van der Waals surface area (Å²) in [4.78, 5) is 36.6. The van der Waals surface area contributed by atoms with Crippen molar-refractivity contribution in [3.63, 3.8) is 0 Å². The third-order valence-corrected chi connectivity index (χ3v) is 7.83. The number of hydrogen-bond acceptors (Lipinski definition) is 9. The molecule has 0 saturated heterocycles. The first kappa shape index (κ1) is 28.4. The van der Waals surface area contributed by atoms with Gasteiger partial charge in [0.1, 0.15) is 35.7 Å². The number of nitrogens with one attached hydrogen (secondary N) is 1. The molecule has 6 rings (SSSR count). The Kier molecular flexibility index (Phi) is 7.62. The van der Waals surface area contributed by atoms with Crippen LogP contribution < -0.4 is 15.0 Å². The molecule has 0 radical (unpaired) electrons. The molecule has 4 aromatic rings. The maximum absolute atomic E-state index is 13.5. The lowest BCUT2D eigenvalue weighted by molar-refractivity contribution is -0.151. The molecular weight excluding hydrogens is 575 g/mol. The number of carbonyl (C=O) groups excluding carboxylic acids is 2. The lowest BCUT2D eigenvalue weighted by Crippen LogP contribution is -2.28. The predicted molar refractivity (Wildman–Crippen MR) is 160 cm³/mol. The van der Waals surface area contributed by atoms with Crippen molar-refractivity contribution in [3.05, 3.63) is 95.2 Å². The number of fused-ring (bicyclic) bond motifs is 2. The molecule has 0 spiro atoms. The molecule has 1 fully saturated rings. The Bertz CT molecular complexity index is 1770. The van der Waals surface area contributed by atoms with Crippen LogP contribution in [0.5, 0.6) is 5.75 Å². The van der Waals surface area contributed by atoms with Crippen molar-refractivity contribution in [2.45, 2.75) is 32.9 Å². The highest BCUT2D eigenvalue weighted by atomic mass is 35.5. The minimum Gasteiger partial charge on any atom is -0.487 e. The van der Waals surface area contributed by atoms with Crippen LogP contribution in [0.3, 0.4) is 0 Å². The molecule has 9 nitrogen and oxygen atoms in total. The fraction of sp³-hybridized carbons (Fsp3) is 0.250. The third-order valence-electron chi connectivity index (χ3n) is 7.54. The Hall–Kier alpha value is -4.70. The summed E-state index contributed by atoms with van der Waals surface area (Å²) >= 11 is 6.51. The van der Waals surface area contributed by atoms with Crippen LogP contribution in [0.25, 0.3) is 10.9 Å². The van der Waals surface area contributed by atoms with Crippen LogP contribution in [0, 0.1) is 11.2 Å². The van der Waals surface area contributed by atoms with Crippen molar-refractivity contribution in [1.82, 2.24) is 9.97 Å². The zero-order valence-corrected chi connectivity index (χ0v) is 24.2. The summed E-state index contributed by atoms with van der Waals surface area (Å²) in [5.74, 6) is -0.278. The molecule has 2 atom stereocenters. The minimum atomic E-state index is -1.04. The Labute approximate surface area is 252 Å². The van der Waals surface area contributed by atoms with E-state index in [1.165, 1.54) is 18.5 Å². The van der Waals surface area contributed by atoms with Gasteiger partial charge in [0, 0.05) is 23.0 Å². The summed E-state index contributed by atoms with van der Waals surface area (Å²) in [5, 5.41) is 4.40. The van der Waals surface area contributed by atoms with E-state index >= 15 is 0 Å². The molecule has 1 aliphatic heterocycles. The van der Waals surface area contributed by atoms with E-state index in [0.29, 0.717) is 45.4 Å². The number of aromatic nitrogens is 2. The molecule has 0 amide bonds. The summed E-state index contributed by atoms with van der Waals surface area (Å²) in [7, 11) is 0. The number of nitrogens with zero attached hydrogens (tertiary/aromatic N) is 3. The van der Waals surface area contributed by atoms with Gasteiger partial charge in [-0.3, -0.25) is 4.79 Å². The molecule has 2 aliphatic rings. The molecule has 2 heterocycles. The van der Waals surface area contributed by atoms with Gasteiger partial charge in [-0.25, -0.2) is 19.2 Å². The highest BCUT2D eigenvalue weighted by Crippen LogP contribution is 2.61. The average Bonchev–Trinajstić information content (AvgIpc) is 3.65. The van der Waals surface area contributed by atoms with Crippen molar-refractivity contribution in [2.75, 3.05) is 23.4 Å². The first-order valence-corrected chi connectivity index (χ1v) is 14.3. The number of rotatable bonds is 10. The predicted octanol–water partition coefficient (Wildman–Crippen LogP) is 6.33. The van der Waals surface area contributed by atoms with E-state index in [1.807, 2.05) is 23.1 Å². The first-order valence-electron chi connectivity index (χ1n) is 13.9. The molecule has 3 aromatic carbocycles. The van der Waals surface area contributed by atoms with Gasteiger partial charge in [-0.1, -0.05) is 23.7 Å². The Balaban J connectivity index is 1.25. The zero-order valence-electron chi connectivity index (χ0n) is 23.5. The second kappa shape index (κ2) is 11.5. The number of hydrogen-bond donors (Lipinski definition) is 1. The zero-order chi connectivity index (χ0) is 30.1. The first-order chi connectivity index (χ1) is 20.8. The standard InChI is InChI=1S/C32H28ClFN4O5/c1-3-41-30(39)24-16-38(28-15-32(24,28)31(40)42-4-2)22-9-10-26-23(14-22)29(36-18-35-26)37-21-8-11-27(25(33)13-21)43-17-19-6-5-7-20(34)12-19/h5-14,16,18,28H,3-4,15,17H2,1-2H3,(H,35,36,37)/t28-,32?/m0/s1. The molecule has 1 aromatic heterocycles. The lowest BCUT2D eigenvalue weighted by atomic mass is 9.97. The summed E-state index contributed by atoms with van der Waals surface area (Å²) in [5.41, 5.74) is 2.08. The fourth-order valence-corrected chi connectivity index (χ4v) is 5.66. The second-order valence-electron chi connectivity index (χ2n) is 10.2. The van der Waals surface area contributed by atoms with Gasteiger partial charge in [-0.2, -0.15) is 0 Å². The van der Waals surface area contributed by atoms with Crippen LogP contribution in [0.4, 0.5) is 21.6 Å². The lowest BCUT2D eigenvalue weighted by Gasteiger charge is -2.19. The largest absolute Gasteiger partial charge is 0.487 e. The molecule has 1 saturated carbocycles. The van der Waals surface area contributed by atoms with E-state index in [4.69, 9.17) is 25.8 Å². The summed E-state index contributed by atoms with van der Waals surface area (Å²) in [6.07, 6.45) is 3.60. The summed E-state index contributed by atoms with van der Waals surface area (Å²) in [6, 6.07) is 16.8. The fourth-order valence-electron chi connectivity index (χ4n) is 5.43. The van der Waals surface area contributed by atoms with Gasteiger partial charge in [-0.15, -0.1) is 0 Å². The molecule has 0 bridgehead atoms. The molecule has 1 unspecified atom stereocenters. The molecular formula is C32H28ClFN4O5. The van der Waals surface area contributed by atoms with Crippen molar-refractivity contribution in [1.29, 1.82) is 0 Å². The van der Waals surface area contributed by atoms with Gasteiger partial charge in [-0.05, 0) is 74.4 Å². The monoisotopic (exact) mass is 602 g/mol. The van der Waals surface area contributed by atoms with E-state index in [2.05, 4.69) is 15.3 Å².